The van der Waals surface area contributed by atoms with E-state index in [-0.39, 0.29) is 29.3 Å². The molecule has 1 fully saturated rings. The van der Waals surface area contributed by atoms with Crippen LogP contribution in [0.2, 0.25) is 0 Å². The number of aromatic nitrogens is 1. The maximum atomic E-state index is 15.1. The van der Waals surface area contributed by atoms with E-state index in [1.165, 1.54) is 35.2 Å². The van der Waals surface area contributed by atoms with E-state index in [1.54, 1.807) is 6.07 Å². The van der Waals surface area contributed by atoms with Crippen LogP contribution in [0.1, 0.15) is 42.4 Å². The molecule has 6 nitrogen and oxygen atoms in total. The Labute approximate surface area is 188 Å². The highest BCUT2D eigenvalue weighted by Gasteiger charge is 2.41. The molecule has 1 N–H and O–H groups in total. The maximum Gasteiger partial charge on any atom is 0.279 e. The Morgan fingerprint density at radius 3 is 2.52 bits per heavy atom. The van der Waals surface area contributed by atoms with Crippen molar-refractivity contribution >= 4 is 11.8 Å². The van der Waals surface area contributed by atoms with Crippen molar-refractivity contribution < 1.29 is 27.3 Å². The predicted molar refractivity (Wildman–Crippen MR) is 113 cm³/mol. The van der Waals surface area contributed by atoms with E-state index in [2.05, 4.69) is 10.5 Å². The minimum atomic E-state index is -1.01. The van der Waals surface area contributed by atoms with Crippen molar-refractivity contribution in [1.82, 2.24) is 15.4 Å². The molecule has 0 spiro atoms. The summed E-state index contributed by atoms with van der Waals surface area (Å²) in [5.41, 5.74) is -0.163. The van der Waals surface area contributed by atoms with Gasteiger partial charge < -0.3 is 14.7 Å². The highest BCUT2D eigenvalue weighted by Crippen LogP contribution is 2.30. The van der Waals surface area contributed by atoms with Crippen molar-refractivity contribution in [2.45, 2.75) is 32.4 Å². The van der Waals surface area contributed by atoms with Crippen molar-refractivity contribution in [2.75, 3.05) is 6.54 Å². The number of rotatable bonds is 5. The number of benzene rings is 2. The number of halogens is 3. The molecule has 2 heterocycles. The molecule has 2 aromatic carbocycles. The molecule has 1 aliphatic heterocycles. The minimum Gasteiger partial charge on any atom is -0.352 e. The summed E-state index contributed by atoms with van der Waals surface area (Å²) in [6.07, 6.45) is 0.325. The van der Waals surface area contributed by atoms with Gasteiger partial charge in [0.25, 0.3) is 5.91 Å². The minimum absolute atomic E-state index is 0.0537. The third kappa shape index (κ3) is 4.48. The van der Waals surface area contributed by atoms with E-state index < -0.39 is 47.0 Å². The Hall–Kier alpha value is -3.62. The molecule has 1 aromatic heterocycles. The first-order valence-electron chi connectivity index (χ1n) is 10.5. The molecule has 2 amide bonds. The molecule has 0 saturated carbocycles. The number of hydrogen-bond acceptors (Lipinski definition) is 4. The van der Waals surface area contributed by atoms with Gasteiger partial charge in [0.15, 0.2) is 0 Å². The Morgan fingerprint density at radius 2 is 1.85 bits per heavy atom. The van der Waals surface area contributed by atoms with Crippen LogP contribution < -0.4 is 5.32 Å². The van der Waals surface area contributed by atoms with Crippen LogP contribution in [0.25, 0.3) is 11.3 Å². The topological polar surface area (TPSA) is 75.4 Å². The molecular formula is C24H22F3N3O3. The fourth-order valence-corrected chi connectivity index (χ4v) is 3.95. The van der Waals surface area contributed by atoms with Crippen molar-refractivity contribution in [3.05, 3.63) is 77.2 Å². The molecule has 2 atom stereocenters. The summed E-state index contributed by atoms with van der Waals surface area (Å²) in [6.45, 7) is 3.71. The lowest BCUT2D eigenvalue weighted by Crippen LogP contribution is -2.59. The predicted octanol–water partition coefficient (Wildman–Crippen LogP) is 4.49. The first kappa shape index (κ1) is 22.6. The third-order valence-electron chi connectivity index (χ3n) is 5.56. The van der Waals surface area contributed by atoms with Crippen LogP contribution in [0.5, 0.6) is 0 Å². The van der Waals surface area contributed by atoms with Crippen LogP contribution in [0.3, 0.4) is 0 Å². The van der Waals surface area contributed by atoms with Gasteiger partial charge in [0.05, 0.1) is 6.04 Å². The summed E-state index contributed by atoms with van der Waals surface area (Å²) < 4.78 is 47.8. The zero-order valence-corrected chi connectivity index (χ0v) is 18.0. The summed E-state index contributed by atoms with van der Waals surface area (Å²) in [5, 5.41) is 6.37. The fourth-order valence-electron chi connectivity index (χ4n) is 3.95. The van der Waals surface area contributed by atoms with Gasteiger partial charge in [0.2, 0.25) is 23.2 Å². The molecule has 33 heavy (non-hydrogen) atoms. The van der Waals surface area contributed by atoms with E-state index in [0.717, 1.165) is 12.1 Å². The lowest BCUT2D eigenvalue weighted by atomic mass is 9.95. The van der Waals surface area contributed by atoms with Crippen LogP contribution in [-0.2, 0) is 4.79 Å². The monoisotopic (exact) mass is 457 g/mol. The lowest BCUT2D eigenvalue weighted by molar-refractivity contribution is -0.130. The SMILES string of the molecule is CC(C)C[C@H]1C(=O)N[C@@H](c2ccccc2F)CN1C(=O)c1noc(-c2ccc(F)cc2)c1F. The van der Waals surface area contributed by atoms with Crippen molar-refractivity contribution in [2.24, 2.45) is 5.92 Å². The molecule has 0 bridgehead atoms. The molecule has 4 rings (SSSR count). The smallest absolute Gasteiger partial charge is 0.279 e. The van der Waals surface area contributed by atoms with Gasteiger partial charge in [-0.05, 0) is 42.7 Å². The van der Waals surface area contributed by atoms with E-state index in [4.69, 9.17) is 4.52 Å². The van der Waals surface area contributed by atoms with Gasteiger partial charge in [-0.15, -0.1) is 0 Å². The number of hydrogen-bond donors (Lipinski definition) is 1. The molecule has 1 aliphatic rings. The average molecular weight is 457 g/mol. The Balaban J connectivity index is 1.69. The Kier molecular flexibility index (Phi) is 6.22. The fraction of sp³-hybridized carbons (Fsp3) is 0.292. The summed E-state index contributed by atoms with van der Waals surface area (Å²) in [7, 11) is 0. The third-order valence-corrected chi connectivity index (χ3v) is 5.56. The molecular weight excluding hydrogens is 435 g/mol. The van der Waals surface area contributed by atoms with Gasteiger partial charge in [0, 0.05) is 17.7 Å². The summed E-state index contributed by atoms with van der Waals surface area (Å²) in [4.78, 5) is 27.5. The van der Waals surface area contributed by atoms with Gasteiger partial charge in [0.1, 0.15) is 17.7 Å². The van der Waals surface area contributed by atoms with Crippen molar-refractivity contribution in [1.29, 1.82) is 0 Å². The van der Waals surface area contributed by atoms with Crippen LogP contribution >= 0.6 is 0 Å². The van der Waals surface area contributed by atoms with Crippen molar-refractivity contribution in [3.8, 4) is 11.3 Å². The maximum absolute atomic E-state index is 15.1. The number of piperazine rings is 1. The molecule has 0 radical (unpaired) electrons. The van der Waals surface area contributed by atoms with E-state index >= 15 is 4.39 Å². The first-order valence-corrected chi connectivity index (χ1v) is 10.5. The van der Waals surface area contributed by atoms with Gasteiger partial charge in [-0.3, -0.25) is 9.59 Å². The van der Waals surface area contributed by atoms with Gasteiger partial charge >= 0.3 is 0 Å². The zero-order chi connectivity index (χ0) is 23.7. The Morgan fingerprint density at radius 1 is 1.15 bits per heavy atom. The molecule has 1 saturated heterocycles. The van der Waals surface area contributed by atoms with Gasteiger partial charge in [-0.1, -0.05) is 37.2 Å². The number of carbonyl (C=O) groups is 2. The van der Waals surface area contributed by atoms with E-state index in [9.17, 15) is 18.4 Å². The molecule has 172 valence electrons. The van der Waals surface area contributed by atoms with Gasteiger partial charge in [-0.2, -0.15) is 4.39 Å². The summed E-state index contributed by atoms with van der Waals surface area (Å²) in [5.74, 6) is -3.61. The number of carbonyl (C=O) groups excluding carboxylic acids is 2. The molecule has 9 heteroatoms. The summed E-state index contributed by atoms with van der Waals surface area (Å²) >= 11 is 0. The standard InChI is InChI=1S/C24H22F3N3O3/c1-13(2)11-19-23(31)28-18(16-5-3-4-6-17(16)26)12-30(19)24(32)21-20(27)22(33-29-21)14-7-9-15(25)10-8-14/h3-10,13,18-19H,11-12H2,1-2H3,(H,28,31)/t18-,19+/m1/s1. The highest BCUT2D eigenvalue weighted by atomic mass is 19.1. The molecule has 0 unspecified atom stereocenters. The van der Waals surface area contributed by atoms with Crippen LogP contribution in [0.4, 0.5) is 13.2 Å². The summed E-state index contributed by atoms with van der Waals surface area (Å²) in [6, 6.07) is 9.11. The highest BCUT2D eigenvalue weighted by molar-refractivity contribution is 5.98. The average Bonchev–Trinajstić information content (AvgIpc) is 3.16. The quantitative estimate of drug-likeness (QED) is 0.613. The second-order valence-electron chi connectivity index (χ2n) is 8.37. The molecule has 0 aliphatic carbocycles. The first-order chi connectivity index (χ1) is 15.8. The van der Waals surface area contributed by atoms with E-state index in [0.29, 0.717) is 6.42 Å². The van der Waals surface area contributed by atoms with Crippen LogP contribution in [-0.4, -0.2) is 34.5 Å². The molecule has 3 aromatic rings. The largest absolute Gasteiger partial charge is 0.352 e. The normalized spacial score (nSPS) is 18.5. The van der Waals surface area contributed by atoms with E-state index in [1.807, 2.05) is 13.8 Å². The van der Waals surface area contributed by atoms with Gasteiger partial charge in [-0.25, -0.2) is 8.78 Å². The second-order valence-corrected chi connectivity index (χ2v) is 8.37. The second kappa shape index (κ2) is 9.09. The number of nitrogens with zero attached hydrogens (tertiary/aromatic N) is 2. The lowest BCUT2D eigenvalue weighted by Gasteiger charge is -2.40. The van der Waals surface area contributed by atoms with Crippen molar-refractivity contribution in [3.63, 3.8) is 0 Å². The Bertz CT molecular complexity index is 1180. The zero-order valence-electron chi connectivity index (χ0n) is 18.0. The van der Waals surface area contributed by atoms with Crippen LogP contribution in [0, 0.1) is 23.4 Å². The number of nitrogens with one attached hydrogen (secondary N) is 1. The number of amides is 2. The van der Waals surface area contributed by atoms with Crippen LogP contribution in [0.15, 0.2) is 53.1 Å².